The Labute approximate surface area is 130 Å². The Bertz CT molecular complexity index is 391. The molecule has 0 amide bonds. The van der Waals surface area contributed by atoms with Crippen molar-refractivity contribution in [1.29, 1.82) is 0 Å². The van der Waals surface area contributed by atoms with Crippen LogP contribution in [0.1, 0.15) is 41.0 Å². The van der Waals surface area contributed by atoms with Gasteiger partial charge in [0.2, 0.25) is 0 Å². The second-order valence-corrected chi connectivity index (χ2v) is 6.15. The Hall–Kier alpha value is -1.22. The number of ether oxygens (including phenoxy) is 2. The van der Waals surface area contributed by atoms with Gasteiger partial charge in [-0.1, -0.05) is 26.8 Å². The Balaban J connectivity index is 2.43. The lowest BCUT2D eigenvalue weighted by molar-refractivity contribution is 0.160. The molecule has 0 saturated carbocycles. The van der Waals surface area contributed by atoms with Gasteiger partial charge >= 0.3 is 0 Å². The van der Waals surface area contributed by atoms with Crippen LogP contribution in [-0.2, 0) is 0 Å². The highest BCUT2D eigenvalue weighted by molar-refractivity contribution is 5.32. The van der Waals surface area contributed by atoms with E-state index in [0.29, 0.717) is 18.6 Å². The van der Waals surface area contributed by atoms with Crippen LogP contribution in [0, 0.1) is 5.92 Å². The third-order valence-electron chi connectivity index (χ3n) is 3.26. The van der Waals surface area contributed by atoms with Crippen LogP contribution in [0.3, 0.4) is 0 Å². The number of hydrogen-bond donors (Lipinski definition) is 0. The van der Waals surface area contributed by atoms with Gasteiger partial charge in [-0.15, -0.1) is 0 Å². The van der Waals surface area contributed by atoms with Gasteiger partial charge in [0.05, 0.1) is 6.61 Å². The second-order valence-electron chi connectivity index (χ2n) is 6.15. The number of nitrogens with zero attached hydrogens (tertiary/aromatic N) is 1. The first-order chi connectivity index (χ1) is 10.0. The summed E-state index contributed by atoms with van der Waals surface area (Å²) in [6, 6.07) is 8.46. The van der Waals surface area contributed by atoms with Crippen LogP contribution >= 0.6 is 0 Å². The number of benzene rings is 1. The molecule has 3 nitrogen and oxygen atoms in total. The molecule has 0 fully saturated rings. The summed E-state index contributed by atoms with van der Waals surface area (Å²) < 4.78 is 11.5. The molecular formula is C18H31NO2. The molecule has 0 N–H and O–H groups in total. The van der Waals surface area contributed by atoms with Crippen LogP contribution in [0.5, 0.6) is 11.5 Å². The van der Waals surface area contributed by atoms with E-state index >= 15 is 0 Å². The Morgan fingerprint density at radius 2 is 1.62 bits per heavy atom. The summed E-state index contributed by atoms with van der Waals surface area (Å²) >= 11 is 0. The Morgan fingerprint density at radius 1 is 1.00 bits per heavy atom. The minimum atomic E-state index is 0.551. The van der Waals surface area contributed by atoms with Crippen molar-refractivity contribution in [3.8, 4) is 11.5 Å². The topological polar surface area (TPSA) is 21.7 Å². The van der Waals surface area contributed by atoms with E-state index in [1.807, 2.05) is 24.3 Å². The van der Waals surface area contributed by atoms with Crippen LogP contribution < -0.4 is 9.47 Å². The molecule has 0 bridgehead atoms. The molecular weight excluding hydrogens is 262 g/mol. The van der Waals surface area contributed by atoms with Gasteiger partial charge in [0.25, 0.3) is 0 Å². The smallest absolute Gasteiger partial charge is 0.123 e. The van der Waals surface area contributed by atoms with E-state index < -0.39 is 0 Å². The van der Waals surface area contributed by atoms with Gasteiger partial charge < -0.3 is 9.47 Å². The zero-order valence-electron chi connectivity index (χ0n) is 14.3. The Morgan fingerprint density at radius 3 is 2.14 bits per heavy atom. The molecule has 120 valence electrons. The average Bonchev–Trinajstić information content (AvgIpc) is 2.44. The molecule has 0 radical (unpaired) electrons. The summed E-state index contributed by atoms with van der Waals surface area (Å²) in [6.07, 6.45) is 1.02. The highest BCUT2D eigenvalue weighted by Crippen LogP contribution is 2.19. The molecule has 0 unspecified atom stereocenters. The van der Waals surface area contributed by atoms with Gasteiger partial charge in [0.15, 0.2) is 0 Å². The lowest BCUT2D eigenvalue weighted by atomic mass is 10.2. The zero-order chi connectivity index (χ0) is 15.7. The minimum Gasteiger partial charge on any atom is -0.493 e. The van der Waals surface area contributed by atoms with Crippen molar-refractivity contribution in [3.63, 3.8) is 0 Å². The maximum absolute atomic E-state index is 5.87. The van der Waals surface area contributed by atoms with Gasteiger partial charge in [-0.2, -0.15) is 0 Å². The summed E-state index contributed by atoms with van der Waals surface area (Å²) in [7, 11) is 0. The van der Waals surface area contributed by atoms with Gasteiger partial charge in [0.1, 0.15) is 18.1 Å². The number of rotatable bonds is 10. The largest absolute Gasteiger partial charge is 0.493 e. The molecule has 0 aromatic heterocycles. The van der Waals surface area contributed by atoms with Crippen molar-refractivity contribution < 1.29 is 9.47 Å². The average molecular weight is 293 g/mol. The van der Waals surface area contributed by atoms with Crippen molar-refractivity contribution in [2.75, 3.05) is 26.3 Å². The predicted octanol–water partition coefficient (Wildman–Crippen LogP) is 4.22. The fourth-order valence-electron chi connectivity index (χ4n) is 2.18. The summed E-state index contributed by atoms with van der Waals surface area (Å²) in [5, 5.41) is 0. The summed E-state index contributed by atoms with van der Waals surface area (Å²) in [4.78, 5) is 2.46. The summed E-state index contributed by atoms with van der Waals surface area (Å²) in [5.74, 6) is 2.45. The Kier molecular flexibility index (Phi) is 8.21. The molecule has 1 aromatic carbocycles. The van der Waals surface area contributed by atoms with Gasteiger partial charge in [0, 0.05) is 25.2 Å². The third-order valence-corrected chi connectivity index (χ3v) is 3.26. The van der Waals surface area contributed by atoms with Crippen LogP contribution in [0.2, 0.25) is 0 Å². The number of hydrogen-bond acceptors (Lipinski definition) is 3. The molecule has 0 aliphatic heterocycles. The van der Waals surface area contributed by atoms with E-state index in [2.05, 4.69) is 39.5 Å². The predicted molar refractivity (Wildman–Crippen MR) is 89.3 cm³/mol. The SMILES string of the molecule is CCCOc1cccc(OCCN(CC(C)C)C(C)C)c1. The summed E-state index contributed by atoms with van der Waals surface area (Å²) in [6.45, 7) is 14.6. The molecule has 0 saturated heterocycles. The summed E-state index contributed by atoms with van der Waals surface area (Å²) in [5.41, 5.74) is 0. The maximum atomic E-state index is 5.87. The first kappa shape index (κ1) is 17.8. The third kappa shape index (κ3) is 7.37. The first-order valence-corrected chi connectivity index (χ1v) is 8.12. The monoisotopic (exact) mass is 293 g/mol. The molecule has 1 aromatic rings. The van der Waals surface area contributed by atoms with E-state index in [1.54, 1.807) is 0 Å². The second kappa shape index (κ2) is 9.67. The lowest BCUT2D eigenvalue weighted by Crippen LogP contribution is -2.37. The highest BCUT2D eigenvalue weighted by Gasteiger charge is 2.11. The van der Waals surface area contributed by atoms with Crippen molar-refractivity contribution in [2.24, 2.45) is 5.92 Å². The van der Waals surface area contributed by atoms with Gasteiger partial charge in [-0.05, 0) is 38.3 Å². The zero-order valence-corrected chi connectivity index (χ0v) is 14.3. The van der Waals surface area contributed by atoms with Crippen LogP contribution in [0.4, 0.5) is 0 Å². The molecule has 0 aliphatic rings. The van der Waals surface area contributed by atoms with Crippen LogP contribution in [-0.4, -0.2) is 37.2 Å². The quantitative estimate of drug-likeness (QED) is 0.644. The van der Waals surface area contributed by atoms with Gasteiger partial charge in [-0.25, -0.2) is 0 Å². The molecule has 1 rings (SSSR count). The molecule has 0 atom stereocenters. The van der Waals surface area contributed by atoms with E-state index in [9.17, 15) is 0 Å². The van der Waals surface area contributed by atoms with Crippen molar-refractivity contribution in [1.82, 2.24) is 4.90 Å². The van der Waals surface area contributed by atoms with Gasteiger partial charge in [-0.3, -0.25) is 4.90 Å². The standard InChI is InChI=1S/C18H31NO2/c1-6-11-20-17-8-7-9-18(13-17)21-12-10-19(16(4)5)14-15(2)3/h7-9,13,15-16H,6,10-12,14H2,1-5H3. The van der Waals surface area contributed by atoms with E-state index in [0.717, 1.165) is 37.6 Å². The highest BCUT2D eigenvalue weighted by atomic mass is 16.5. The van der Waals surface area contributed by atoms with E-state index in [-0.39, 0.29) is 0 Å². The van der Waals surface area contributed by atoms with Crippen LogP contribution in [0.15, 0.2) is 24.3 Å². The fourth-order valence-corrected chi connectivity index (χ4v) is 2.18. The van der Waals surface area contributed by atoms with E-state index in [1.165, 1.54) is 0 Å². The molecule has 21 heavy (non-hydrogen) atoms. The van der Waals surface area contributed by atoms with Crippen molar-refractivity contribution in [2.45, 2.75) is 47.1 Å². The van der Waals surface area contributed by atoms with E-state index in [4.69, 9.17) is 9.47 Å². The maximum Gasteiger partial charge on any atom is 0.123 e. The molecule has 3 heteroatoms. The lowest BCUT2D eigenvalue weighted by Gasteiger charge is -2.28. The minimum absolute atomic E-state index is 0.551. The molecule has 0 spiro atoms. The normalized spacial score (nSPS) is 11.4. The van der Waals surface area contributed by atoms with Crippen molar-refractivity contribution >= 4 is 0 Å². The van der Waals surface area contributed by atoms with Crippen molar-refractivity contribution in [3.05, 3.63) is 24.3 Å². The molecule has 0 heterocycles. The first-order valence-electron chi connectivity index (χ1n) is 8.12. The molecule has 0 aliphatic carbocycles. The fraction of sp³-hybridized carbons (Fsp3) is 0.667. The van der Waals surface area contributed by atoms with Crippen LogP contribution in [0.25, 0.3) is 0 Å².